The molecule has 2 aliphatic rings. The van der Waals surface area contributed by atoms with E-state index in [1.165, 1.54) is 10.8 Å². The normalized spacial score (nSPS) is 24.6. The summed E-state index contributed by atoms with van der Waals surface area (Å²) in [4.78, 5) is 10.5. The van der Waals surface area contributed by atoms with Crippen LogP contribution in [0.25, 0.3) is 10.8 Å². The molecule has 2 N–H and O–H groups in total. The fourth-order valence-electron chi connectivity index (χ4n) is 2.44. The summed E-state index contributed by atoms with van der Waals surface area (Å²) in [6.07, 6.45) is 1.11. The Bertz CT molecular complexity index is 502. The molecule has 1 amide bonds. The Hall–Kier alpha value is -1.87. The maximum Gasteiger partial charge on any atom is 0.239 e. The van der Waals surface area contributed by atoms with E-state index >= 15 is 0 Å². The summed E-state index contributed by atoms with van der Waals surface area (Å²) in [7, 11) is 0. The molecule has 3 nitrogen and oxygen atoms in total. The smallest absolute Gasteiger partial charge is 0.239 e. The van der Waals surface area contributed by atoms with Gasteiger partial charge in [-0.3, -0.25) is 4.79 Å². The van der Waals surface area contributed by atoms with E-state index in [-0.39, 0.29) is 11.9 Å². The van der Waals surface area contributed by atoms with E-state index in [1.54, 1.807) is 0 Å². The average molecular weight is 240 g/mol. The molecule has 0 aromatic heterocycles. The number of β-lactam (4-membered cyclic amide) rings is 1. The van der Waals surface area contributed by atoms with Gasteiger partial charge in [-0.15, -0.1) is 0 Å². The van der Waals surface area contributed by atoms with Gasteiger partial charge in [0.05, 0.1) is 6.04 Å². The zero-order valence-corrected chi connectivity index (χ0v) is 10.1. The molecule has 2 aromatic carbocycles. The van der Waals surface area contributed by atoms with Gasteiger partial charge in [0.1, 0.15) is 6.04 Å². The van der Waals surface area contributed by atoms with E-state index in [1.807, 2.05) is 0 Å². The van der Waals surface area contributed by atoms with Crippen molar-refractivity contribution in [2.24, 2.45) is 0 Å². The molecule has 4 rings (SSSR count). The van der Waals surface area contributed by atoms with Crippen molar-refractivity contribution < 1.29 is 4.79 Å². The van der Waals surface area contributed by atoms with Crippen molar-refractivity contribution in [3.63, 3.8) is 0 Å². The first-order valence-electron chi connectivity index (χ1n) is 6.32. The molecule has 2 fully saturated rings. The van der Waals surface area contributed by atoms with Crippen LogP contribution in [0.3, 0.4) is 0 Å². The molecule has 2 atom stereocenters. The van der Waals surface area contributed by atoms with Crippen molar-refractivity contribution >= 4 is 16.7 Å². The number of benzene rings is 2. The van der Waals surface area contributed by atoms with Crippen LogP contribution in [0.4, 0.5) is 0 Å². The van der Waals surface area contributed by atoms with E-state index in [0.717, 1.165) is 13.0 Å². The van der Waals surface area contributed by atoms with Crippen molar-refractivity contribution in [3.8, 4) is 0 Å². The number of carbonyl (C=O) groups is 1. The highest BCUT2D eigenvalue weighted by Crippen LogP contribution is 2.14. The Kier molecular flexibility index (Phi) is 2.99. The fourth-order valence-corrected chi connectivity index (χ4v) is 2.44. The third-order valence-electron chi connectivity index (χ3n) is 3.49. The molecule has 0 aliphatic carbocycles. The molecule has 2 saturated heterocycles. The quantitative estimate of drug-likeness (QED) is 0.688. The van der Waals surface area contributed by atoms with Crippen molar-refractivity contribution in [1.29, 1.82) is 0 Å². The zero-order chi connectivity index (χ0) is 12.4. The van der Waals surface area contributed by atoms with E-state index in [0.29, 0.717) is 6.04 Å². The highest BCUT2D eigenvalue weighted by atomic mass is 16.2. The SMILES string of the molecule is O=C1NC2CCNC12.c1ccc2ccccc2c1. The van der Waals surface area contributed by atoms with Crippen LogP contribution < -0.4 is 10.6 Å². The second-order valence-corrected chi connectivity index (χ2v) is 4.68. The largest absolute Gasteiger partial charge is 0.350 e. The summed E-state index contributed by atoms with van der Waals surface area (Å²) in [5, 5.41) is 8.52. The second-order valence-electron chi connectivity index (χ2n) is 4.68. The summed E-state index contributed by atoms with van der Waals surface area (Å²) in [5.41, 5.74) is 0. The first-order valence-corrected chi connectivity index (χ1v) is 6.32. The van der Waals surface area contributed by atoms with E-state index in [4.69, 9.17) is 0 Å². The Morgan fingerprint density at radius 1 is 0.944 bits per heavy atom. The molecule has 0 radical (unpaired) electrons. The fraction of sp³-hybridized carbons (Fsp3) is 0.267. The number of nitrogens with one attached hydrogen (secondary N) is 2. The lowest BCUT2D eigenvalue weighted by molar-refractivity contribution is -0.130. The van der Waals surface area contributed by atoms with Crippen LogP contribution in [-0.2, 0) is 4.79 Å². The predicted octanol–water partition coefficient (Wildman–Crippen LogP) is 1.69. The van der Waals surface area contributed by atoms with Crippen LogP contribution in [0, 0.1) is 0 Å². The monoisotopic (exact) mass is 240 g/mol. The second kappa shape index (κ2) is 4.78. The maximum atomic E-state index is 10.5. The average Bonchev–Trinajstić information content (AvgIpc) is 2.81. The molecule has 2 aromatic rings. The molecular weight excluding hydrogens is 224 g/mol. The lowest BCUT2D eigenvalue weighted by Crippen LogP contribution is -2.63. The summed E-state index contributed by atoms with van der Waals surface area (Å²) >= 11 is 0. The Balaban J connectivity index is 0.000000114. The van der Waals surface area contributed by atoms with Gasteiger partial charge in [-0.05, 0) is 23.7 Å². The maximum absolute atomic E-state index is 10.5. The molecule has 2 unspecified atom stereocenters. The first-order chi connectivity index (χ1) is 8.84. The van der Waals surface area contributed by atoms with Gasteiger partial charge in [0, 0.05) is 0 Å². The lowest BCUT2D eigenvalue weighted by Gasteiger charge is -2.29. The van der Waals surface area contributed by atoms with Gasteiger partial charge in [0.15, 0.2) is 0 Å². The first kappa shape index (κ1) is 11.2. The van der Waals surface area contributed by atoms with Crippen LogP contribution in [0.2, 0.25) is 0 Å². The summed E-state index contributed by atoms with van der Waals surface area (Å²) in [6, 6.07) is 17.3. The van der Waals surface area contributed by atoms with E-state index in [9.17, 15) is 4.79 Å². The van der Waals surface area contributed by atoms with Crippen LogP contribution >= 0.6 is 0 Å². The van der Waals surface area contributed by atoms with E-state index in [2.05, 4.69) is 59.2 Å². The summed E-state index contributed by atoms with van der Waals surface area (Å²) < 4.78 is 0. The van der Waals surface area contributed by atoms with Crippen molar-refractivity contribution in [2.75, 3.05) is 6.54 Å². The summed E-state index contributed by atoms with van der Waals surface area (Å²) in [6.45, 7) is 0.994. The molecule has 18 heavy (non-hydrogen) atoms. The van der Waals surface area contributed by atoms with Gasteiger partial charge in [0.2, 0.25) is 5.91 Å². The third kappa shape index (κ3) is 2.09. The van der Waals surface area contributed by atoms with Gasteiger partial charge in [-0.1, -0.05) is 48.5 Å². The molecule has 3 heteroatoms. The summed E-state index contributed by atoms with van der Waals surface area (Å²) in [5.74, 6) is 0.174. The molecule has 92 valence electrons. The van der Waals surface area contributed by atoms with Crippen LogP contribution in [-0.4, -0.2) is 24.5 Å². The minimum absolute atomic E-state index is 0.162. The number of carbonyl (C=O) groups excluding carboxylic acids is 1. The predicted molar refractivity (Wildman–Crippen MR) is 72.3 cm³/mol. The molecular formula is C15H16N2O. The minimum atomic E-state index is 0.162. The van der Waals surface area contributed by atoms with Crippen molar-refractivity contribution in [1.82, 2.24) is 10.6 Å². The van der Waals surface area contributed by atoms with Crippen molar-refractivity contribution in [2.45, 2.75) is 18.5 Å². The van der Waals surface area contributed by atoms with Crippen LogP contribution in [0.5, 0.6) is 0 Å². The van der Waals surface area contributed by atoms with Crippen LogP contribution in [0.1, 0.15) is 6.42 Å². The highest BCUT2D eigenvalue weighted by Gasteiger charge is 2.42. The van der Waals surface area contributed by atoms with Crippen LogP contribution in [0.15, 0.2) is 48.5 Å². The number of fused-ring (bicyclic) bond motifs is 2. The van der Waals surface area contributed by atoms with Crippen molar-refractivity contribution in [3.05, 3.63) is 48.5 Å². The van der Waals surface area contributed by atoms with Gasteiger partial charge in [-0.25, -0.2) is 0 Å². The topological polar surface area (TPSA) is 41.1 Å². The molecule has 0 saturated carbocycles. The zero-order valence-electron chi connectivity index (χ0n) is 10.1. The minimum Gasteiger partial charge on any atom is -0.350 e. The standard InChI is InChI=1S/C10H8.C5H8N2O/c1-2-6-10-8-4-3-7-9(10)5-1;8-5-4-3(7-5)1-2-6-4/h1-8H;3-4,6H,1-2H2,(H,7,8). The van der Waals surface area contributed by atoms with Gasteiger partial charge in [0.25, 0.3) is 0 Å². The number of hydrogen-bond acceptors (Lipinski definition) is 2. The molecule has 2 aliphatic heterocycles. The highest BCUT2D eigenvalue weighted by molar-refractivity contribution is 5.89. The Morgan fingerprint density at radius 2 is 1.50 bits per heavy atom. The van der Waals surface area contributed by atoms with Gasteiger partial charge in [-0.2, -0.15) is 0 Å². The number of rotatable bonds is 0. The Morgan fingerprint density at radius 3 is 1.89 bits per heavy atom. The lowest BCUT2D eigenvalue weighted by atomic mass is 10.0. The number of hydrogen-bond donors (Lipinski definition) is 2. The molecule has 2 heterocycles. The molecule has 0 spiro atoms. The Labute approximate surface area is 106 Å². The van der Waals surface area contributed by atoms with Gasteiger partial charge < -0.3 is 10.6 Å². The van der Waals surface area contributed by atoms with Gasteiger partial charge >= 0.3 is 0 Å². The third-order valence-corrected chi connectivity index (χ3v) is 3.49. The number of amides is 1. The van der Waals surface area contributed by atoms with E-state index < -0.39 is 0 Å². The molecule has 0 bridgehead atoms.